The molecule has 0 unspecified atom stereocenters. The van der Waals surface area contributed by atoms with Crippen molar-refractivity contribution in [3.05, 3.63) is 102 Å². The van der Waals surface area contributed by atoms with Crippen LogP contribution in [0.15, 0.2) is 79.3 Å². The molecular formula is C30H19F3IrN3-. The molecule has 6 rings (SSSR count). The summed E-state index contributed by atoms with van der Waals surface area (Å²) in [5.41, 5.74) is 5.41. The van der Waals surface area contributed by atoms with Crippen molar-refractivity contribution in [3.63, 3.8) is 0 Å². The SMILES string of the molecule is Cc1[c-]c(-c2nccc3c2ccc2c4ccc(-c5cnc(C(F)(F)F)nc5)cc4ccc32)cc(C)c1.[Ir]. The monoisotopic (exact) mass is 671 g/mol. The van der Waals surface area contributed by atoms with Crippen molar-refractivity contribution in [3.8, 4) is 22.4 Å². The van der Waals surface area contributed by atoms with Gasteiger partial charge in [-0.2, -0.15) is 13.2 Å². The number of rotatable bonds is 2. The first kappa shape index (κ1) is 25.0. The van der Waals surface area contributed by atoms with Gasteiger partial charge in [-0.25, -0.2) is 9.97 Å². The first-order valence-electron chi connectivity index (χ1n) is 11.4. The van der Waals surface area contributed by atoms with Crippen LogP contribution >= 0.6 is 0 Å². The Kier molecular flexibility index (Phi) is 6.30. The second kappa shape index (κ2) is 9.33. The molecule has 6 aromatic rings. The number of aromatic nitrogens is 3. The summed E-state index contributed by atoms with van der Waals surface area (Å²) in [4.78, 5) is 11.7. The minimum atomic E-state index is -4.56. The summed E-state index contributed by atoms with van der Waals surface area (Å²) in [7, 11) is 0. The van der Waals surface area contributed by atoms with Gasteiger partial charge in [0, 0.05) is 44.3 Å². The van der Waals surface area contributed by atoms with Crippen LogP contribution in [0, 0.1) is 19.9 Å². The molecule has 0 saturated carbocycles. The van der Waals surface area contributed by atoms with Gasteiger partial charge >= 0.3 is 6.18 Å². The molecular weight excluding hydrogens is 652 g/mol. The molecule has 185 valence electrons. The van der Waals surface area contributed by atoms with Gasteiger partial charge in [0.2, 0.25) is 5.82 Å². The topological polar surface area (TPSA) is 38.7 Å². The summed E-state index contributed by atoms with van der Waals surface area (Å²) in [6.07, 6.45) is -0.302. The van der Waals surface area contributed by atoms with Crippen LogP contribution in [0.3, 0.4) is 0 Å². The number of aryl methyl sites for hydroxylation is 2. The van der Waals surface area contributed by atoms with Crippen LogP contribution in [0.5, 0.6) is 0 Å². The van der Waals surface area contributed by atoms with Gasteiger partial charge in [-0.15, -0.1) is 34.9 Å². The summed E-state index contributed by atoms with van der Waals surface area (Å²) >= 11 is 0. The Morgan fingerprint density at radius 2 is 1.32 bits per heavy atom. The summed E-state index contributed by atoms with van der Waals surface area (Å²) in [5.74, 6) is -1.14. The summed E-state index contributed by atoms with van der Waals surface area (Å²) in [6.45, 7) is 4.11. The number of nitrogens with zero attached hydrogens (tertiary/aromatic N) is 3. The van der Waals surface area contributed by atoms with Gasteiger partial charge in [0.15, 0.2) is 0 Å². The summed E-state index contributed by atoms with van der Waals surface area (Å²) < 4.78 is 38.4. The third kappa shape index (κ3) is 4.50. The largest absolute Gasteiger partial charge is 0.451 e. The number of pyridine rings is 1. The first-order chi connectivity index (χ1) is 17.3. The van der Waals surface area contributed by atoms with Crippen LogP contribution in [0.25, 0.3) is 54.7 Å². The zero-order valence-corrected chi connectivity index (χ0v) is 22.2. The van der Waals surface area contributed by atoms with Crippen LogP contribution in [-0.4, -0.2) is 15.0 Å². The number of hydrogen-bond acceptors (Lipinski definition) is 3. The van der Waals surface area contributed by atoms with E-state index in [0.29, 0.717) is 5.56 Å². The third-order valence-corrected chi connectivity index (χ3v) is 6.40. The standard InChI is InChI=1S/C30H19F3N3.Ir/c1-17-11-18(2)13-21(12-17)28-27-8-7-24-23-5-3-19(22-15-35-29(36-16-22)30(31,32)33)14-20(23)4-6-25(24)26(27)9-10-34-28;/h3-12,14-16H,1-2H3;/q-1;. The van der Waals surface area contributed by atoms with Crippen LogP contribution in [-0.2, 0) is 26.3 Å². The summed E-state index contributed by atoms with van der Waals surface area (Å²) in [6, 6.07) is 23.8. The van der Waals surface area contributed by atoms with Crippen molar-refractivity contribution >= 4 is 32.3 Å². The normalized spacial score (nSPS) is 11.7. The zero-order valence-electron chi connectivity index (χ0n) is 19.8. The minimum Gasteiger partial charge on any atom is -0.304 e. The van der Waals surface area contributed by atoms with Crippen molar-refractivity contribution in [2.75, 3.05) is 0 Å². The zero-order chi connectivity index (χ0) is 25.0. The molecule has 1 radical (unpaired) electrons. The van der Waals surface area contributed by atoms with E-state index in [1.165, 1.54) is 18.0 Å². The predicted molar refractivity (Wildman–Crippen MR) is 137 cm³/mol. The van der Waals surface area contributed by atoms with Crippen molar-refractivity contribution in [1.82, 2.24) is 15.0 Å². The fraction of sp³-hybridized carbons (Fsp3) is 0.100. The molecule has 2 aromatic heterocycles. The number of alkyl halides is 3. The van der Waals surface area contributed by atoms with E-state index in [2.05, 4.69) is 58.3 Å². The molecule has 0 amide bonds. The second-order valence-electron chi connectivity index (χ2n) is 8.96. The molecule has 37 heavy (non-hydrogen) atoms. The molecule has 0 saturated heterocycles. The molecule has 3 nitrogen and oxygen atoms in total. The average Bonchev–Trinajstić information content (AvgIpc) is 2.86. The van der Waals surface area contributed by atoms with E-state index in [-0.39, 0.29) is 20.1 Å². The van der Waals surface area contributed by atoms with E-state index >= 15 is 0 Å². The maximum absolute atomic E-state index is 12.8. The van der Waals surface area contributed by atoms with Gasteiger partial charge in [-0.1, -0.05) is 50.2 Å². The molecule has 0 aliphatic rings. The van der Waals surface area contributed by atoms with E-state index in [9.17, 15) is 13.2 Å². The Hall–Kier alpha value is -3.67. The molecule has 0 bridgehead atoms. The second-order valence-corrected chi connectivity index (χ2v) is 8.96. The van der Waals surface area contributed by atoms with Gasteiger partial charge in [-0.3, -0.25) is 0 Å². The Morgan fingerprint density at radius 3 is 2.05 bits per heavy atom. The first-order valence-corrected chi connectivity index (χ1v) is 11.4. The van der Waals surface area contributed by atoms with Gasteiger partial charge in [-0.05, 0) is 55.7 Å². The molecule has 7 heteroatoms. The molecule has 0 atom stereocenters. The molecule has 0 aliphatic heterocycles. The van der Waals surface area contributed by atoms with Gasteiger partial charge < -0.3 is 4.98 Å². The maximum Gasteiger partial charge on any atom is 0.451 e. The number of fused-ring (bicyclic) bond motifs is 5. The van der Waals surface area contributed by atoms with Crippen LogP contribution in [0.1, 0.15) is 17.0 Å². The Labute approximate surface area is 224 Å². The molecule has 0 N–H and O–H groups in total. The molecule has 0 fully saturated rings. The molecule has 4 aromatic carbocycles. The molecule has 0 spiro atoms. The Morgan fingerprint density at radius 1 is 0.676 bits per heavy atom. The van der Waals surface area contributed by atoms with E-state index in [4.69, 9.17) is 0 Å². The fourth-order valence-electron chi connectivity index (χ4n) is 4.85. The number of halogens is 3. The predicted octanol–water partition coefficient (Wildman–Crippen LogP) is 8.10. The van der Waals surface area contributed by atoms with E-state index in [1.54, 1.807) is 0 Å². The van der Waals surface area contributed by atoms with Gasteiger partial charge in [0.05, 0.1) is 0 Å². The van der Waals surface area contributed by atoms with Crippen molar-refractivity contribution < 1.29 is 33.3 Å². The maximum atomic E-state index is 12.8. The average molecular weight is 671 g/mol. The van der Waals surface area contributed by atoms with Crippen LogP contribution in [0.2, 0.25) is 0 Å². The smallest absolute Gasteiger partial charge is 0.304 e. The quantitative estimate of drug-likeness (QED) is 0.138. The van der Waals surface area contributed by atoms with E-state index < -0.39 is 12.0 Å². The third-order valence-electron chi connectivity index (χ3n) is 6.40. The van der Waals surface area contributed by atoms with Gasteiger partial charge in [0.25, 0.3) is 0 Å². The Bertz CT molecular complexity index is 1780. The Balaban J connectivity index is 0.00000280. The fourth-order valence-corrected chi connectivity index (χ4v) is 4.85. The van der Waals surface area contributed by atoms with Crippen LogP contribution in [0.4, 0.5) is 13.2 Å². The minimum absolute atomic E-state index is 0. The van der Waals surface area contributed by atoms with Crippen molar-refractivity contribution in [1.29, 1.82) is 0 Å². The summed E-state index contributed by atoms with van der Waals surface area (Å²) in [5, 5.41) is 6.41. The number of hydrogen-bond donors (Lipinski definition) is 0. The number of benzene rings is 4. The van der Waals surface area contributed by atoms with Crippen LogP contribution < -0.4 is 0 Å². The van der Waals surface area contributed by atoms with E-state index in [1.807, 2.05) is 43.5 Å². The van der Waals surface area contributed by atoms with E-state index in [0.717, 1.165) is 54.7 Å². The molecule has 0 aliphatic carbocycles. The van der Waals surface area contributed by atoms with Gasteiger partial charge in [0.1, 0.15) is 0 Å². The van der Waals surface area contributed by atoms with Crippen molar-refractivity contribution in [2.24, 2.45) is 0 Å². The molecule has 2 heterocycles. The van der Waals surface area contributed by atoms with Crippen molar-refractivity contribution in [2.45, 2.75) is 20.0 Å².